The van der Waals surface area contributed by atoms with Crippen LogP contribution in [0.3, 0.4) is 0 Å². The molecule has 1 amide bonds. The van der Waals surface area contributed by atoms with Crippen molar-refractivity contribution in [3.63, 3.8) is 0 Å². The van der Waals surface area contributed by atoms with Crippen LogP contribution in [-0.4, -0.2) is 32.3 Å². The summed E-state index contributed by atoms with van der Waals surface area (Å²) in [6.07, 6.45) is 11.8. The number of anilines is 1. The van der Waals surface area contributed by atoms with Crippen LogP contribution in [0.4, 0.5) is 5.82 Å². The number of nitrogens with zero attached hydrogens (tertiary/aromatic N) is 3. The highest BCUT2D eigenvalue weighted by atomic mass is 16.2. The number of fused-ring (bicyclic) bond motifs is 1. The number of nitrogens with one attached hydrogen (secondary N) is 2. The van der Waals surface area contributed by atoms with Gasteiger partial charge in [-0.1, -0.05) is 0 Å². The molecule has 4 aliphatic carbocycles. The van der Waals surface area contributed by atoms with E-state index in [0.717, 1.165) is 73.6 Å². The Morgan fingerprint density at radius 3 is 2.60 bits per heavy atom. The van der Waals surface area contributed by atoms with Crippen LogP contribution in [0.25, 0.3) is 0 Å². The molecule has 4 fully saturated rings. The van der Waals surface area contributed by atoms with E-state index in [1.54, 1.807) is 6.33 Å². The second-order valence-corrected chi connectivity index (χ2v) is 10.3. The summed E-state index contributed by atoms with van der Waals surface area (Å²) in [5.41, 5.74) is 3.26. The normalized spacial score (nSPS) is 33.3. The number of rotatable bonds is 4. The van der Waals surface area contributed by atoms with Crippen LogP contribution >= 0.6 is 0 Å². The maximum absolute atomic E-state index is 13.5. The van der Waals surface area contributed by atoms with Gasteiger partial charge in [0.15, 0.2) is 0 Å². The van der Waals surface area contributed by atoms with E-state index in [0.29, 0.717) is 6.04 Å². The van der Waals surface area contributed by atoms with E-state index in [1.807, 2.05) is 12.3 Å². The number of carbonyl (C=O) groups excluding carboxylic acids is 1. The maximum atomic E-state index is 13.5. The molecule has 3 heterocycles. The van der Waals surface area contributed by atoms with Crippen LogP contribution < -0.4 is 5.32 Å². The molecule has 4 saturated carbocycles. The van der Waals surface area contributed by atoms with Gasteiger partial charge in [-0.3, -0.25) is 9.69 Å². The number of amides is 1. The number of aromatic amines is 1. The molecule has 4 bridgehead atoms. The lowest BCUT2D eigenvalue weighted by atomic mass is 9.49. The zero-order valence-electron chi connectivity index (χ0n) is 17.7. The van der Waals surface area contributed by atoms with E-state index < -0.39 is 0 Å². The Morgan fingerprint density at radius 1 is 1.20 bits per heavy atom. The maximum Gasteiger partial charge on any atom is 0.231 e. The first-order chi connectivity index (χ1) is 14.6. The van der Waals surface area contributed by atoms with Gasteiger partial charge in [0.25, 0.3) is 0 Å². The van der Waals surface area contributed by atoms with E-state index in [2.05, 4.69) is 38.2 Å². The van der Waals surface area contributed by atoms with Crippen LogP contribution in [0.5, 0.6) is 0 Å². The first-order valence-electron chi connectivity index (χ1n) is 11.6. The molecular weight excluding hydrogens is 374 g/mol. The first kappa shape index (κ1) is 18.6. The quantitative estimate of drug-likeness (QED) is 0.804. The molecule has 5 aliphatic rings. The summed E-state index contributed by atoms with van der Waals surface area (Å²) < 4.78 is 0. The Kier molecular flexibility index (Phi) is 4.27. The molecule has 1 aliphatic heterocycles. The summed E-state index contributed by atoms with van der Waals surface area (Å²) in [4.78, 5) is 28.3. The van der Waals surface area contributed by atoms with Gasteiger partial charge in [0.05, 0.1) is 11.1 Å². The summed E-state index contributed by atoms with van der Waals surface area (Å²) in [5.74, 6) is 3.29. The molecule has 1 unspecified atom stereocenters. The van der Waals surface area contributed by atoms with E-state index in [1.165, 1.54) is 25.0 Å². The third-order valence-corrected chi connectivity index (χ3v) is 8.41. The lowest BCUT2D eigenvalue weighted by Crippen LogP contribution is -2.52. The minimum atomic E-state index is -0.143. The molecule has 7 rings (SSSR count). The summed E-state index contributed by atoms with van der Waals surface area (Å²) >= 11 is 0. The van der Waals surface area contributed by atoms with Gasteiger partial charge in [0.2, 0.25) is 5.91 Å². The van der Waals surface area contributed by atoms with Crippen molar-refractivity contribution in [3.8, 4) is 0 Å². The van der Waals surface area contributed by atoms with Gasteiger partial charge in [-0.15, -0.1) is 0 Å². The highest BCUT2D eigenvalue weighted by Crippen LogP contribution is 2.60. The van der Waals surface area contributed by atoms with Gasteiger partial charge in [-0.2, -0.15) is 0 Å². The van der Waals surface area contributed by atoms with Crippen molar-refractivity contribution in [2.45, 2.75) is 64.5 Å². The Morgan fingerprint density at radius 2 is 1.93 bits per heavy atom. The molecule has 158 valence electrons. The third-order valence-electron chi connectivity index (χ3n) is 8.41. The number of H-pyrrole nitrogens is 1. The Bertz CT molecular complexity index is 917. The summed E-state index contributed by atoms with van der Waals surface area (Å²) in [6.45, 7) is 3.97. The van der Waals surface area contributed by atoms with Gasteiger partial charge in [0.1, 0.15) is 12.1 Å². The average molecular weight is 406 g/mol. The van der Waals surface area contributed by atoms with E-state index in [-0.39, 0.29) is 11.3 Å². The average Bonchev–Trinajstić information content (AvgIpc) is 3.27. The predicted octanol–water partition coefficient (Wildman–Crippen LogP) is 4.08. The Balaban J connectivity index is 1.21. The highest BCUT2D eigenvalue weighted by Gasteiger charge is 2.54. The summed E-state index contributed by atoms with van der Waals surface area (Å²) in [7, 11) is 0. The smallest absolute Gasteiger partial charge is 0.231 e. The molecule has 2 aromatic heterocycles. The van der Waals surface area contributed by atoms with Crippen LogP contribution in [0.2, 0.25) is 0 Å². The fourth-order valence-corrected chi connectivity index (χ4v) is 7.24. The van der Waals surface area contributed by atoms with Crippen molar-refractivity contribution < 1.29 is 4.79 Å². The number of hydrogen-bond donors (Lipinski definition) is 2. The lowest BCUT2D eigenvalue weighted by molar-refractivity contribution is -0.140. The molecule has 2 N–H and O–H groups in total. The second-order valence-electron chi connectivity index (χ2n) is 10.3. The third kappa shape index (κ3) is 2.99. The Labute approximate surface area is 177 Å². The minimum absolute atomic E-state index is 0.143. The zero-order valence-corrected chi connectivity index (χ0v) is 17.7. The van der Waals surface area contributed by atoms with Crippen molar-refractivity contribution in [1.82, 2.24) is 19.9 Å². The summed E-state index contributed by atoms with van der Waals surface area (Å²) in [6, 6.07) is 4.49. The molecule has 0 aromatic carbocycles. The monoisotopic (exact) mass is 405 g/mol. The minimum Gasteiger partial charge on any atom is -0.364 e. The van der Waals surface area contributed by atoms with Crippen molar-refractivity contribution >= 4 is 11.7 Å². The predicted molar refractivity (Wildman–Crippen MR) is 115 cm³/mol. The van der Waals surface area contributed by atoms with Crippen LogP contribution in [0.1, 0.15) is 68.4 Å². The van der Waals surface area contributed by atoms with Gasteiger partial charge in [-0.25, -0.2) is 9.97 Å². The highest BCUT2D eigenvalue weighted by molar-refractivity contribution is 5.95. The molecule has 0 radical (unpaired) electrons. The van der Waals surface area contributed by atoms with Gasteiger partial charge >= 0.3 is 0 Å². The van der Waals surface area contributed by atoms with Crippen molar-refractivity contribution in [1.29, 1.82) is 0 Å². The number of hydrogen-bond acceptors (Lipinski definition) is 4. The molecule has 2 aromatic rings. The topological polar surface area (TPSA) is 73.9 Å². The van der Waals surface area contributed by atoms with Crippen molar-refractivity contribution in [2.24, 2.45) is 23.2 Å². The van der Waals surface area contributed by atoms with E-state index >= 15 is 0 Å². The molecule has 1 atom stereocenters. The number of carbonyl (C=O) groups is 1. The Hall–Kier alpha value is -2.21. The fourth-order valence-electron chi connectivity index (χ4n) is 7.24. The van der Waals surface area contributed by atoms with Gasteiger partial charge < -0.3 is 10.3 Å². The lowest BCUT2D eigenvalue weighted by Gasteiger charge is -2.55. The summed E-state index contributed by atoms with van der Waals surface area (Å²) in [5, 5.41) is 3.28. The molecule has 6 heteroatoms. The molecule has 6 nitrogen and oxygen atoms in total. The number of aromatic nitrogens is 3. The van der Waals surface area contributed by atoms with Gasteiger partial charge in [-0.05, 0) is 81.8 Å². The second kappa shape index (κ2) is 6.91. The molecular formula is C24H31N5O. The van der Waals surface area contributed by atoms with E-state index in [9.17, 15) is 4.79 Å². The van der Waals surface area contributed by atoms with Crippen molar-refractivity contribution in [3.05, 3.63) is 41.6 Å². The standard InChI is InChI=1S/C24H31N5O/c1-15(20-3-2-5-25-20)29-6-4-19-21(13-29)26-14-27-22(19)28-23(30)24-10-16-7-17(11-24)9-18(8-16)12-24/h2-3,5,14-18,25H,4,6-13H2,1H3,(H,26,27,28,30). The largest absolute Gasteiger partial charge is 0.364 e. The SMILES string of the molecule is CC(c1ccc[nH]1)N1CCc2c(ncnc2NC(=O)C23CC4CC(CC(C4)C2)C3)C1. The molecule has 0 saturated heterocycles. The fraction of sp³-hybridized carbons (Fsp3) is 0.625. The van der Waals surface area contributed by atoms with Crippen LogP contribution in [0, 0.1) is 23.2 Å². The van der Waals surface area contributed by atoms with Crippen LogP contribution in [0.15, 0.2) is 24.7 Å². The van der Waals surface area contributed by atoms with Gasteiger partial charge in [0, 0.05) is 36.6 Å². The molecule has 0 spiro atoms. The van der Waals surface area contributed by atoms with Crippen molar-refractivity contribution in [2.75, 3.05) is 11.9 Å². The molecule has 30 heavy (non-hydrogen) atoms. The first-order valence-corrected chi connectivity index (χ1v) is 11.6. The van der Waals surface area contributed by atoms with Crippen LogP contribution in [-0.2, 0) is 17.8 Å². The zero-order chi connectivity index (χ0) is 20.3. The van der Waals surface area contributed by atoms with E-state index in [4.69, 9.17) is 0 Å².